The smallest absolute Gasteiger partial charge is 0.118 e. The molecule has 2 nitrogen and oxygen atoms in total. The Hall–Kier alpha value is -1.02. The van der Waals surface area contributed by atoms with Gasteiger partial charge in [0.1, 0.15) is 5.75 Å². The van der Waals surface area contributed by atoms with Gasteiger partial charge in [0.05, 0.1) is 7.11 Å². The Kier molecular flexibility index (Phi) is 12.7. The van der Waals surface area contributed by atoms with E-state index in [-0.39, 0.29) is 0 Å². The molecule has 0 aliphatic heterocycles. The van der Waals surface area contributed by atoms with Crippen LogP contribution in [-0.2, 0) is 11.2 Å². The number of benzene rings is 1. The summed E-state index contributed by atoms with van der Waals surface area (Å²) in [5.41, 5.74) is 1.41. The number of hydrogen-bond donors (Lipinski definition) is 0. The lowest BCUT2D eigenvalue weighted by atomic mass is 10.1. The molecule has 0 bridgehead atoms. The van der Waals surface area contributed by atoms with Gasteiger partial charge < -0.3 is 9.47 Å². The van der Waals surface area contributed by atoms with Crippen molar-refractivity contribution in [1.29, 1.82) is 0 Å². The van der Waals surface area contributed by atoms with E-state index in [1.54, 1.807) is 7.11 Å². The van der Waals surface area contributed by atoms with E-state index < -0.39 is 0 Å². The van der Waals surface area contributed by atoms with Crippen LogP contribution in [0.2, 0.25) is 0 Å². The highest BCUT2D eigenvalue weighted by atomic mass is 16.5. The molecule has 2 heteroatoms. The molecule has 1 rings (SSSR count). The van der Waals surface area contributed by atoms with Crippen LogP contribution in [-0.4, -0.2) is 20.3 Å². The Bertz CT molecular complexity index is 359. The lowest BCUT2D eigenvalue weighted by Crippen LogP contribution is -1.97. The normalized spacial score (nSPS) is 10.9. The van der Waals surface area contributed by atoms with Crippen LogP contribution in [0, 0.1) is 0 Å². The molecule has 0 aromatic heterocycles. The summed E-state index contributed by atoms with van der Waals surface area (Å²) in [7, 11) is 1.71. The van der Waals surface area contributed by atoms with Gasteiger partial charge in [0, 0.05) is 13.2 Å². The Morgan fingerprint density at radius 3 is 1.87 bits per heavy atom. The highest BCUT2D eigenvalue weighted by Gasteiger charge is 1.96. The van der Waals surface area contributed by atoms with Gasteiger partial charge in [-0.3, -0.25) is 0 Å². The van der Waals surface area contributed by atoms with Crippen molar-refractivity contribution in [2.45, 2.75) is 77.6 Å². The van der Waals surface area contributed by atoms with E-state index in [0.717, 1.165) is 19.0 Å². The van der Waals surface area contributed by atoms with E-state index >= 15 is 0 Å². The van der Waals surface area contributed by atoms with Gasteiger partial charge in [-0.2, -0.15) is 0 Å². The van der Waals surface area contributed by atoms with Gasteiger partial charge >= 0.3 is 0 Å². The molecule has 0 saturated heterocycles. The van der Waals surface area contributed by atoms with Crippen LogP contribution in [0.5, 0.6) is 5.75 Å². The van der Waals surface area contributed by atoms with Gasteiger partial charge in [-0.25, -0.2) is 0 Å². The van der Waals surface area contributed by atoms with E-state index in [2.05, 4.69) is 31.2 Å². The van der Waals surface area contributed by atoms with Gasteiger partial charge in [0.2, 0.25) is 0 Å². The molecular weight excluding hydrogens is 284 g/mol. The summed E-state index contributed by atoms with van der Waals surface area (Å²) in [4.78, 5) is 0. The molecule has 0 heterocycles. The third-order valence-corrected chi connectivity index (χ3v) is 4.31. The lowest BCUT2D eigenvalue weighted by molar-refractivity contribution is 0.125. The van der Waals surface area contributed by atoms with Gasteiger partial charge in [0.25, 0.3) is 0 Å². The molecule has 0 amide bonds. The highest BCUT2D eigenvalue weighted by molar-refractivity contribution is 5.27. The maximum Gasteiger partial charge on any atom is 0.118 e. The van der Waals surface area contributed by atoms with Crippen LogP contribution in [0.25, 0.3) is 0 Å². The number of methoxy groups -OCH3 is 1. The average molecular weight is 321 g/mol. The zero-order valence-corrected chi connectivity index (χ0v) is 15.3. The minimum absolute atomic E-state index is 0.944. The molecule has 0 N–H and O–H groups in total. The van der Waals surface area contributed by atoms with Crippen LogP contribution in [0.4, 0.5) is 0 Å². The number of hydrogen-bond acceptors (Lipinski definition) is 2. The van der Waals surface area contributed by atoms with E-state index in [1.165, 1.54) is 76.2 Å². The Labute approximate surface area is 143 Å². The first kappa shape index (κ1) is 20.0. The Morgan fingerprint density at radius 2 is 1.26 bits per heavy atom. The first-order valence-electron chi connectivity index (χ1n) is 9.57. The maximum atomic E-state index is 5.70. The fraction of sp³-hybridized carbons (Fsp3) is 0.714. The first-order valence-corrected chi connectivity index (χ1v) is 9.57. The second-order valence-corrected chi connectivity index (χ2v) is 6.39. The number of ether oxygens (including phenoxy) is 2. The minimum Gasteiger partial charge on any atom is -0.497 e. The van der Waals surface area contributed by atoms with Crippen LogP contribution in [0.15, 0.2) is 24.3 Å². The van der Waals surface area contributed by atoms with Gasteiger partial charge in [-0.05, 0) is 43.4 Å². The van der Waals surface area contributed by atoms with Gasteiger partial charge in [0.15, 0.2) is 0 Å². The predicted octanol–water partition coefficient (Wildman–Crippen LogP) is 6.18. The highest BCUT2D eigenvalue weighted by Crippen LogP contribution is 2.14. The third-order valence-electron chi connectivity index (χ3n) is 4.31. The van der Waals surface area contributed by atoms with Crippen molar-refractivity contribution in [3.63, 3.8) is 0 Å². The number of rotatable bonds is 15. The van der Waals surface area contributed by atoms with Crippen molar-refractivity contribution in [3.8, 4) is 5.75 Å². The summed E-state index contributed by atoms with van der Waals surface area (Å²) < 4.78 is 10.9. The lowest BCUT2D eigenvalue weighted by Gasteiger charge is -2.05. The Morgan fingerprint density at radius 1 is 0.696 bits per heavy atom. The summed E-state index contributed by atoms with van der Waals surface area (Å²) in [6.07, 6.45) is 14.3. The fourth-order valence-electron chi connectivity index (χ4n) is 2.77. The summed E-state index contributed by atoms with van der Waals surface area (Å²) in [5, 5.41) is 0. The standard InChI is InChI=1S/C21H36O2/c1-3-4-5-8-11-18-23-19-12-9-6-7-10-13-20-14-16-21(22-2)17-15-20/h14-17H,3-13,18-19H2,1-2H3. The molecule has 0 saturated carbocycles. The van der Waals surface area contributed by atoms with Crippen molar-refractivity contribution in [2.24, 2.45) is 0 Å². The molecule has 0 unspecified atom stereocenters. The molecule has 0 aliphatic carbocycles. The molecule has 0 radical (unpaired) electrons. The number of unbranched alkanes of at least 4 members (excludes halogenated alkanes) is 8. The SMILES string of the molecule is CCCCCCCOCCCCCCCc1ccc(OC)cc1. The summed E-state index contributed by atoms with van der Waals surface area (Å²) in [6, 6.07) is 8.45. The van der Waals surface area contributed by atoms with Crippen molar-refractivity contribution in [3.05, 3.63) is 29.8 Å². The Balaban J connectivity index is 1.82. The average Bonchev–Trinajstić information content (AvgIpc) is 2.59. The van der Waals surface area contributed by atoms with Crippen molar-refractivity contribution in [2.75, 3.05) is 20.3 Å². The van der Waals surface area contributed by atoms with Crippen LogP contribution < -0.4 is 4.74 Å². The molecular formula is C21H36O2. The zero-order valence-electron chi connectivity index (χ0n) is 15.3. The van der Waals surface area contributed by atoms with E-state index in [0.29, 0.717) is 0 Å². The van der Waals surface area contributed by atoms with Crippen molar-refractivity contribution in [1.82, 2.24) is 0 Å². The van der Waals surface area contributed by atoms with E-state index in [4.69, 9.17) is 9.47 Å². The maximum absolute atomic E-state index is 5.70. The second-order valence-electron chi connectivity index (χ2n) is 6.39. The topological polar surface area (TPSA) is 18.5 Å². The van der Waals surface area contributed by atoms with E-state index in [1.807, 2.05) is 0 Å². The van der Waals surface area contributed by atoms with Crippen LogP contribution in [0.3, 0.4) is 0 Å². The zero-order chi connectivity index (χ0) is 16.6. The minimum atomic E-state index is 0.944. The van der Waals surface area contributed by atoms with E-state index in [9.17, 15) is 0 Å². The van der Waals surface area contributed by atoms with Crippen molar-refractivity contribution >= 4 is 0 Å². The molecule has 0 fully saturated rings. The van der Waals surface area contributed by atoms with Gasteiger partial charge in [-0.1, -0.05) is 64.0 Å². The summed E-state index contributed by atoms with van der Waals surface area (Å²) >= 11 is 0. The molecule has 0 spiro atoms. The molecule has 0 aliphatic rings. The number of aryl methyl sites for hydroxylation is 1. The monoisotopic (exact) mass is 320 g/mol. The summed E-state index contributed by atoms with van der Waals surface area (Å²) in [5.74, 6) is 0.944. The molecule has 1 aromatic carbocycles. The molecule has 23 heavy (non-hydrogen) atoms. The molecule has 0 atom stereocenters. The quantitative estimate of drug-likeness (QED) is 0.359. The van der Waals surface area contributed by atoms with Crippen LogP contribution in [0.1, 0.15) is 76.7 Å². The fourth-order valence-corrected chi connectivity index (χ4v) is 2.77. The third kappa shape index (κ3) is 11.2. The summed E-state index contributed by atoms with van der Waals surface area (Å²) in [6.45, 7) is 4.17. The second kappa shape index (κ2) is 14.6. The van der Waals surface area contributed by atoms with Crippen LogP contribution >= 0.6 is 0 Å². The van der Waals surface area contributed by atoms with Gasteiger partial charge in [-0.15, -0.1) is 0 Å². The van der Waals surface area contributed by atoms with Crippen molar-refractivity contribution < 1.29 is 9.47 Å². The molecule has 132 valence electrons. The molecule has 1 aromatic rings. The predicted molar refractivity (Wildman–Crippen MR) is 99.4 cm³/mol. The first-order chi connectivity index (χ1) is 11.4. The largest absolute Gasteiger partial charge is 0.497 e.